The van der Waals surface area contributed by atoms with Crippen molar-refractivity contribution in [2.75, 3.05) is 40.6 Å². The highest BCUT2D eigenvalue weighted by Crippen LogP contribution is 2.37. The maximum Gasteiger partial charge on any atom is 0.255 e. The Labute approximate surface area is 205 Å². The van der Waals surface area contributed by atoms with Crippen LogP contribution in [0.4, 0.5) is 27.3 Å². The zero-order valence-corrected chi connectivity index (χ0v) is 20.3. The van der Waals surface area contributed by atoms with Gasteiger partial charge in [-0.15, -0.1) is 0 Å². The second-order valence-corrected chi connectivity index (χ2v) is 8.70. The molecule has 0 bridgehead atoms. The number of carbonyl (C=O) groups excluding carboxylic acids is 2. The molecule has 1 aromatic heterocycles. The molecule has 0 saturated carbocycles. The number of aryl methyl sites for hydroxylation is 1. The largest absolute Gasteiger partial charge is 0.366 e. The van der Waals surface area contributed by atoms with Crippen LogP contribution in [0.2, 0.25) is 0 Å². The second-order valence-electron chi connectivity index (χ2n) is 8.70. The van der Waals surface area contributed by atoms with Crippen LogP contribution < -0.4 is 20.4 Å². The number of rotatable bonds is 8. The summed E-state index contributed by atoms with van der Waals surface area (Å²) in [5, 5.41) is 6.20. The number of aromatic nitrogens is 1. The number of hydrogen-bond donors (Lipinski definition) is 2. The average molecular weight is 476 g/mol. The predicted octanol–water partition coefficient (Wildman–Crippen LogP) is 4.98. The standard InChI is InChI=1S/C27H30FN5O2/c1-4-5-14-33-17-25(34)32(3)26-18(2)30-24(15-23(26)33)29-16-19-6-12-22(13-7-19)31-27(35)20-8-10-21(28)11-9-20/h6-13,15H,4-5,14,16-17H2,1-3H3,(H,29,30)(H,31,35). The summed E-state index contributed by atoms with van der Waals surface area (Å²) >= 11 is 0. The van der Waals surface area contributed by atoms with Crippen molar-refractivity contribution < 1.29 is 14.0 Å². The average Bonchev–Trinajstić information content (AvgIpc) is 2.85. The van der Waals surface area contributed by atoms with Gasteiger partial charge in [0.2, 0.25) is 5.91 Å². The molecule has 2 N–H and O–H groups in total. The molecule has 0 atom stereocenters. The van der Waals surface area contributed by atoms with Gasteiger partial charge in [0.1, 0.15) is 11.6 Å². The van der Waals surface area contributed by atoms with Gasteiger partial charge in [-0.1, -0.05) is 25.5 Å². The summed E-state index contributed by atoms with van der Waals surface area (Å²) in [4.78, 5) is 33.3. The molecule has 0 aliphatic carbocycles. The van der Waals surface area contributed by atoms with Gasteiger partial charge in [-0.25, -0.2) is 9.37 Å². The molecule has 0 unspecified atom stereocenters. The Bertz CT molecular complexity index is 1210. The third-order valence-electron chi connectivity index (χ3n) is 6.10. The van der Waals surface area contributed by atoms with E-state index in [9.17, 15) is 14.0 Å². The van der Waals surface area contributed by atoms with Gasteiger partial charge in [0.15, 0.2) is 0 Å². The van der Waals surface area contributed by atoms with Crippen LogP contribution in [0.1, 0.15) is 41.4 Å². The summed E-state index contributed by atoms with van der Waals surface area (Å²) in [6, 6.07) is 15.0. The Morgan fingerprint density at radius 2 is 1.83 bits per heavy atom. The van der Waals surface area contributed by atoms with Crippen LogP contribution in [0.25, 0.3) is 0 Å². The highest BCUT2D eigenvalue weighted by Gasteiger charge is 2.29. The second kappa shape index (κ2) is 10.5. The summed E-state index contributed by atoms with van der Waals surface area (Å²) in [5.41, 5.74) is 4.77. The van der Waals surface area contributed by atoms with Gasteiger partial charge in [-0.2, -0.15) is 0 Å². The lowest BCUT2D eigenvalue weighted by Gasteiger charge is -2.36. The van der Waals surface area contributed by atoms with E-state index in [4.69, 9.17) is 0 Å². The Hall–Kier alpha value is -3.94. The van der Waals surface area contributed by atoms with Gasteiger partial charge in [0.25, 0.3) is 5.91 Å². The Balaban J connectivity index is 1.43. The predicted molar refractivity (Wildman–Crippen MR) is 138 cm³/mol. The van der Waals surface area contributed by atoms with Crippen LogP contribution >= 0.6 is 0 Å². The molecule has 1 aliphatic rings. The Kier molecular flexibility index (Phi) is 7.29. The van der Waals surface area contributed by atoms with E-state index in [2.05, 4.69) is 27.4 Å². The molecule has 0 radical (unpaired) electrons. The van der Waals surface area contributed by atoms with E-state index >= 15 is 0 Å². The maximum absolute atomic E-state index is 13.1. The first-order chi connectivity index (χ1) is 16.9. The molecule has 182 valence electrons. The van der Waals surface area contributed by atoms with E-state index in [-0.39, 0.29) is 17.6 Å². The van der Waals surface area contributed by atoms with Crippen molar-refractivity contribution in [2.45, 2.75) is 33.2 Å². The highest BCUT2D eigenvalue weighted by molar-refractivity contribution is 6.04. The minimum absolute atomic E-state index is 0.0748. The van der Waals surface area contributed by atoms with Crippen LogP contribution in [-0.4, -0.2) is 36.9 Å². The smallest absolute Gasteiger partial charge is 0.255 e. The van der Waals surface area contributed by atoms with Crippen LogP contribution in [0.5, 0.6) is 0 Å². The molecule has 1 aliphatic heterocycles. The molecule has 4 rings (SSSR count). The van der Waals surface area contributed by atoms with Gasteiger partial charge >= 0.3 is 0 Å². The monoisotopic (exact) mass is 475 g/mol. The molecule has 2 amide bonds. The lowest BCUT2D eigenvalue weighted by Crippen LogP contribution is -2.44. The Morgan fingerprint density at radius 1 is 1.11 bits per heavy atom. The number of halogens is 1. The quantitative estimate of drug-likeness (QED) is 0.481. The van der Waals surface area contributed by atoms with E-state index < -0.39 is 0 Å². The zero-order chi connectivity index (χ0) is 24.9. The van der Waals surface area contributed by atoms with Crippen molar-refractivity contribution in [3.8, 4) is 0 Å². The van der Waals surface area contributed by atoms with Crippen molar-refractivity contribution in [1.29, 1.82) is 0 Å². The van der Waals surface area contributed by atoms with Gasteiger partial charge < -0.3 is 20.4 Å². The number of nitrogens with zero attached hydrogens (tertiary/aromatic N) is 3. The first-order valence-electron chi connectivity index (χ1n) is 11.8. The van der Waals surface area contributed by atoms with Crippen LogP contribution in [0.15, 0.2) is 54.6 Å². The number of likely N-dealkylation sites (N-methyl/N-ethyl adjacent to an activating group) is 1. The van der Waals surface area contributed by atoms with Crippen molar-refractivity contribution in [3.05, 3.63) is 77.2 Å². The lowest BCUT2D eigenvalue weighted by molar-refractivity contribution is -0.117. The molecule has 8 heteroatoms. The minimum Gasteiger partial charge on any atom is -0.366 e. The third kappa shape index (κ3) is 5.59. The lowest BCUT2D eigenvalue weighted by atomic mass is 10.1. The van der Waals surface area contributed by atoms with Crippen molar-refractivity contribution >= 4 is 34.7 Å². The fourth-order valence-corrected chi connectivity index (χ4v) is 4.13. The van der Waals surface area contributed by atoms with Crippen LogP contribution in [-0.2, 0) is 11.3 Å². The summed E-state index contributed by atoms with van der Waals surface area (Å²) in [6.07, 6.45) is 2.08. The summed E-state index contributed by atoms with van der Waals surface area (Å²) < 4.78 is 13.1. The first kappa shape index (κ1) is 24.2. The fraction of sp³-hybridized carbons (Fsp3) is 0.296. The van der Waals surface area contributed by atoms with Gasteiger partial charge in [0.05, 0.1) is 23.6 Å². The number of benzene rings is 2. The van der Waals surface area contributed by atoms with E-state index in [1.807, 2.05) is 37.3 Å². The number of fused-ring (bicyclic) bond motifs is 1. The van der Waals surface area contributed by atoms with Crippen LogP contribution in [0.3, 0.4) is 0 Å². The fourth-order valence-electron chi connectivity index (χ4n) is 4.13. The molecule has 0 fully saturated rings. The Morgan fingerprint density at radius 3 is 2.51 bits per heavy atom. The van der Waals surface area contributed by atoms with Gasteiger partial charge in [-0.05, 0) is 55.3 Å². The molecular formula is C27H30FN5O2. The number of pyridine rings is 1. The van der Waals surface area contributed by atoms with E-state index in [0.29, 0.717) is 24.3 Å². The van der Waals surface area contributed by atoms with E-state index in [1.54, 1.807) is 11.9 Å². The van der Waals surface area contributed by atoms with Crippen LogP contribution in [0, 0.1) is 12.7 Å². The zero-order valence-electron chi connectivity index (χ0n) is 20.3. The van der Waals surface area contributed by atoms with Crippen molar-refractivity contribution in [1.82, 2.24) is 4.98 Å². The molecule has 2 heterocycles. The topological polar surface area (TPSA) is 77.6 Å². The molecular weight excluding hydrogens is 445 g/mol. The number of anilines is 4. The molecule has 3 aromatic rings. The maximum atomic E-state index is 13.1. The third-order valence-corrected chi connectivity index (χ3v) is 6.10. The molecule has 2 aromatic carbocycles. The van der Waals surface area contributed by atoms with E-state index in [1.165, 1.54) is 24.3 Å². The van der Waals surface area contributed by atoms with Gasteiger partial charge in [0, 0.05) is 37.5 Å². The molecule has 7 nitrogen and oxygen atoms in total. The first-order valence-corrected chi connectivity index (χ1v) is 11.8. The number of carbonyl (C=O) groups is 2. The minimum atomic E-state index is -0.379. The number of unbranched alkanes of at least 4 members (excludes halogenated alkanes) is 1. The number of amides is 2. The molecule has 0 saturated heterocycles. The molecule has 35 heavy (non-hydrogen) atoms. The van der Waals surface area contributed by atoms with Crippen molar-refractivity contribution in [3.63, 3.8) is 0 Å². The summed E-state index contributed by atoms with van der Waals surface area (Å²) in [7, 11) is 1.80. The van der Waals surface area contributed by atoms with Gasteiger partial charge in [-0.3, -0.25) is 9.59 Å². The van der Waals surface area contributed by atoms with Crippen molar-refractivity contribution in [2.24, 2.45) is 0 Å². The van der Waals surface area contributed by atoms with E-state index in [0.717, 1.165) is 47.8 Å². The summed E-state index contributed by atoms with van der Waals surface area (Å²) in [5.74, 6) is 0.155. The number of nitrogens with one attached hydrogen (secondary N) is 2. The normalized spacial score (nSPS) is 13.0. The molecule has 0 spiro atoms. The highest BCUT2D eigenvalue weighted by atomic mass is 19.1. The number of hydrogen-bond acceptors (Lipinski definition) is 5. The summed E-state index contributed by atoms with van der Waals surface area (Å²) in [6.45, 7) is 5.83. The SMILES string of the molecule is CCCCN1CC(=O)N(C)c2c1cc(NCc1ccc(NC(=O)c3ccc(F)cc3)cc1)nc2C.